The van der Waals surface area contributed by atoms with Gasteiger partial charge in [0.25, 0.3) is 0 Å². The Hall–Kier alpha value is -0.570. The van der Waals surface area contributed by atoms with E-state index < -0.39 is 0 Å². The number of amides is 1. The van der Waals surface area contributed by atoms with E-state index in [-0.39, 0.29) is 6.04 Å². The van der Waals surface area contributed by atoms with Crippen molar-refractivity contribution in [2.75, 3.05) is 13.1 Å². The van der Waals surface area contributed by atoms with E-state index in [2.05, 4.69) is 6.92 Å². The second-order valence-electron chi connectivity index (χ2n) is 5.15. The molecule has 1 heterocycles. The first kappa shape index (κ1) is 13.5. The lowest BCUT2D eigenvalue weighted by Gasteiger charge is -2.33. The summed E-state index contributed by atoms with van der Waals surface area (Å²) < 4.78 is 0. The molecule has 0 aliphatic carbocycles. The molecule has 3 nitrogen and oxygen atoms in total. The van der Waals surface area contributed by atoms with Gasteiger partial charge in [-0.2, -0.15) is 0 Å². The van der Waals surface area contributed by atoms with Crippen molar-refractivity contribution in [3.05, 3.63) is 0 Å². The van der Waals surface area contributed by atoms with Crippen LogP contribution in [0.4, 0.5) is 0 Å². The summed E-state index contributed by atoms with van der Waals surface area (Å²) >= 11 is 0. The van der Waals surface area contributed by atoms with Crippen LogP contribution in [0.15, 0.2) is 0 Å². The van der Waals surface area contributed by atoms with Crippen LogP contribution in [0.25, 0.3) is 0 Å². The van der Waals surface area contributed by atoms with Crippen molar-refractivity contribution >= 4 is 5.91 Å². The van der Waals surface area contributed by atoms with Gasteiger partial charge in [-0.05, 0) is 38.5 Å². The van der Waals surface area contributed by atoms with Crippen molar-refractivity contribution in [3.63, 3.8) is 0 Å². The van der Waals surface area contributed by atoms with Gasteiger partial charge in [0.15, 0.2) is 0 Å². The second-order valence-corrected chi connectivity index (χ2v) is 5.15. The molecule has 3 heteroatoms. The number of hydrogen-bond donors (Lipinski definition) is 1. The van der Waals surface area contributed by atoms with Gasteiger partial charge in [-0.25, -0.2) is 0 Å². The van der Waals surface area contributed by atoms with E-state index >= 15 is 0 Å². The van der Waals surface area contributed by atoms with Gasteiger partial charge < -0.3 is 10.6 Å². The van der Waals surface area contributed by atoms with Crippen LogP contribution in [0, 0.1) is 5.92 Å². The van der Waals surface area contributed by atoms with E-state index in [0.29, 0.717) is 12.3 Å². The number of carbonyl (C=O) groups excluding carboxylic acids is 1. The Morgan fingerprint density at radius 2 is 2.31 bits per heavy atom. The Kier molecular flexibility index (Phi) is 5.81. The van der Waals surface area contributed by atoms with Crippen molar-refractivity contribution < 1.29 is 4.79 Å². The Balaban J connectivity index is 2.32. The van der Waals surface area contributed by atoms with E-state index in [0.717, 1.165) is 25.4 Å². The van der Waals surface area contributed by atoms with Crippen molar-refractivity contribution in [2.45, 2.75) is 58.4 Å². The highest BCUT2D eigenvalue weighted by Gasteiger charge is 2.22. The molecule has 0 aromatic rings. The van der Waals surface area contributed by atoms with E-state index in [1.54, 1.807) is 0 Å². The Bertz CT molecular complexity index is 214. The molecular weight excluding hydrogens is 200 g/mol. The Morgan fingerprint density at radius 1 is 1.56 bits per heavy atom. The predicted octanol–water partition coefficient (Wildman–Crippen LogP) is 2.15. The molecule has 2 atom stereocenters. The number of nitrogens with zero attached hydrogens (tertiary/aromatic N) is 1. The zero-order valence-electron chi connectivity index (χ0n) is 10.7. The van der Waals surface area contributed by atoms with Gasteiger partial charge in [-0.15, -0.1) is 0 Å². The molecule has 1 fully saturated rings. The first-order chi connectivity index (χ1) is 7.63. The third-order valence-corrected chi connectivity index (χ3v) is 3.38. The van der Waals surface area contributed by atoms with Crippen molar-refractivity contribution in [1.29, 1.82) is 0 Å². The second kappa shape index (κ2) is 6.89. The number of rotatable bonds is 5. The van der Waals surface area contributed by atoms with Crippen LogP contribution >= 0.6 is 0 Å². The van der Waals surface area contributed by atoms with Gasteiger partial charge in [0.1, 0.15) is 0 Å². The number of hydrogen-bond acceptors (Lipinski definition) is 2. The minimum atomic E-state index is 0.139. The molecule has 1 amide bonds. The molecule has 0 bridgehead atoms. The van der Waals surface area contributed by atoms with Crippen molar-refractivity contribution in [2.24, 2.45) is 11.7 Å². The molecule has 2 N–H and O–H groups in total. The Morgan fingerprint density at radius 3 is 2.94 bits per heavy atom. The zero-order valence-corrected chi connectivity index (χ0v) is 10.7. The highest BCUT2D eigenvalue weighted by atomic mass is 16.2. The number of carbonyl (C=O) groups is 1. The zero-order chi connectivity index (χ0) is 12.0. The maximum atomic E-state index is 11.9. The molecule has 0 aromatic heterocycles. The fourth-order valence-electron chi connectivity index (χ4n) is 2.44. The average molecular weight is 226 g/mol. The molecule has 1 saturated heterocycles. The highest BCUT2D eigenvalue weighted by molar-refractivity contribution is 5.76. The predicted molar refractivity (Wildman–Crippen MR) is 67.1 cm³/mol. The van der Waals surface area contributed by atoms with Crippen LogP contribution in [-0.4, -0.2) is 29.9 Å². The lowest BCUT2D eigenvalue weighted by molar-refractivity contribution is -0.133. The molecule has 0 saturated carbocycles. The lowest BCUT2D eigenvalue weighted by atomic mass is 9.93. The summed E-state index contributed by atoms with van der Waals surface area (Å²) in [6.45, 7) is 6.11. The molecule has 0 radical (unpaired) electrons. The molecule has 16 heavy (non-hydrogen) atoms. The topological polar surface area (TPSA) is 46.3 Å². The van der Waals surface area contributed by atoms with E-state index in [9.17, 15) is 4.79 Å². The third kappa shape index (κ3) is 4.52. The maximum Gasteiger partial charge on any atom is 0.222 e. The summed E-state index contributed by atoms with van der Waals surface area (Å²) in [5.41, 5.74) is 5.67. The highest BCUT2D eigenvalue weighted by Crippen LogP contribution is 2.21. The fraction of sp³-hybridized carbons (Fsp3) is 0.923. The van der Waals surface area contributed by atoms with Gasteiger partial charge in [-0.1, -0.05) is 13.3 Å². The van der Waals surface area contributed by atoms with Gasteiger partial charge in [0, 0.05) is 25.6 Å². The first-order valence-electron chi connectivity index (χ1n) is 6.66. The molecule has 0 spiro atoms. The number of piperidine rings is 1. The summed E-state index contributed by atoms with van der Waals surface area (Å²) in [6, 6.07) is 0.139. The summed E-state index contributed by atoms with van der Waals surface area (Å²) in [4.78, 5) is 14.0. The minimum absolute atomic E-state index is 0.139. The quantitative estimate of drug-likeness (QED) is 0.781. The molecule has 94 valence electrons. The van der Waals surface area contributed by atoms with Crippen LogP contribution in [0.5, 0.6) is 0 Å². The van der Waals surface area contributed by atoms with Crippen LogP contribution in [0.2, 0.25) is 0 Å². The molecule has 1 aliphatic rings. The minimum Gasteiger partial charge on any atom is -0.342 e. The molecule has 1 rings (SSSR count). The average Bonchev–Trinajstić information content (AvgIpc) is 2.26. The largest absolute Gasteiger partial charge is 0.342 e. The van der Waals surface area contributed by atoms with Crippen LogP contribution in [-0.2, 0) is 4.79 Å². The first-order valence-corrected chi connectivity index (χ1v) is 6.66. The van der Waals surface area contributed by atoms with Gasteiger partial charge in [0.05, 0.1) is 0 Å². The van der Waals surface area contributed by atoms with Crippen LogP contribution in [0.1, 0.15) is 52.4 Å². The monoisotopic (exact) mass is 226 g/mol. The molecule has 0 aromatic carbocycles. The van der Waals surface area contributed by atoms with Gasteiger partial charge >= 0.3 is 0 Å². The van der Waals surface area contributed by atoms with Crippen LogP contribution < -0.4 is 5.73 Å². The smallest absolute Gasteiger partial charge is 0.222 e. The van der Waals surface area contributed by atoms with Crippen molar-refractivity contribution in [1.82, 2.24) is 4.90 Å². The standard InChI is InChI=1S/C13H26N2O/c1-3-5-12-6-4-9-15(10-12)13(16)8-7-11(2)14/h11-12H,3-10,14H2,1-2H3. The number of nitrogens with two attached hydrogens (primary N) is 1. The normalized spacial score (nSPS) is 23.2. The number of likely N-dealkylation sites (tertiary alicyclic amines) is 1. The summed E-state index contributed by atoms with van der Waals surface area (Å²) in [6.07, 6.45) is 6.40. The van der Waals surface area contributed by atoms with Crippen molar-refractivity contribution in [3.8, 4) is 0 Å². The lowest BCUT2D eigenvalue weighted by Crippen LogP contribution is -2.40. The third-order valence-electron chi connectivity index (χ3n) is 3.38. The van der Waals surface area contributed by atoms with Gasteiger partial charge in [0.2, 0.25) is 5.91 Å². The summed E-state index contributed by atoms with van der Waals surface area (Å²) in [7, 11) is 0. The molecular formula is C13H26N2O. The molecule has 2 unspecified atom stereocenters. The van der Waals surface area contributed by atoms with E-state index in [1.807, 2.05) is 11.8 Å². The SMILES string of the molecule is CCCC1CCCN(C(=O)CCC(C)N)C1. The molecule has 1 aliphatic heterocycles. The summed E-state index contributed by atoms with van der Waals surface area (Å²) in [5.74, 6) is 1.04. The maximum absolute atomic E-state index is 11.9. The van der Waals surface area contributed by atoms with Crippen LogP contribution in [0.3, 0.4) is 0 Å². The Labute approximate surface area is 99.4 Å². The van der Waals surface area contributed by atoms with E-state index in [1.165, 1.54) is 25.7 Å². The fourth-order valence-corrected chi connectivity index (χ4v) is 2.44. The van der Waals surface area contributed by atoms with Gasteiger partial charge in [-0.3, -0.25) is 4.79 Å². The van der Waals surface area contributed by atoms with E-state index in [4.69, 9.17) is 5.73 Å². The summed E-state index contributed by atoms with van der Waals surface area (Å²) in [5, 5.41) is 0.